The number of nitrogens with zero attached hydrogens (tertiary/aromatic N) is 2. The number of halogens is 4. The van der Waals surface area contributed by atoms with Crippen molar-refractivity contribution in [2.24, 2.45) is 0 Å². The molecule has 0 aliphatic heterocycles. The van der Waals surface area contributed by atoms with Crippen molar-refractivity contribution in [3.63, 3.8) is 0 Å². The highest BCUT2D eigenvalue weighted by atomic mass is 19.3. The summed E-state index contributed by atoms with van der Waals surface area (Å²) in [6, 6.07) is 0. The van der Waals surface area contributed by atoms with Crippen LogP contribution in [0.3, 0.4) is 0 Å². The molecule has 16 heavy (non-hydrogen) atoms. The lowest BCUT2D eigenvalue weighted by atomic mass is 10.3. The molecule has 0 aromatic carbocycles. The number of nitrogens with one attached hydrogen (secondary N) is 1. The first-order valence-electron chi connectivity index (χ1n) is 4.07. The van der Waals surface area contributed by atoms with E-state index in [1.54, 1.807) is 5.32 Å². The lowest BCUT2D eigenvalue weighted by molar-refractivity contribution is -0.169. The second-order valence-electron chi connectivity index (χ2n) is 2.84. The predicted molar refractivity (Wildman–Crippen MR) is 41.8 cm³/mol. The van der Waals surface area contributed by atoms with E-state index in [4.69, 9.17) is 0 Å². The Balaban J connectivity index is 2.53. The van der Waals surface area contributed by atoms with Crippen molar-refractivity contribution in [1.82, 2.24) is 15.5 Å². The topological polar surface area (TPSA) is 68.0 Å². The molecule has 0 unspecified atom stereocenters. The smallest absolute Gasteiger partial charge is 0.343 e. The first kappa shape index (κ1) is 12.4. The van der Waals surface area contributed by atoms with Gasteiger partial charge in [-0.05, 0) is 0 Å². The summed E-state index contributed by atoms with van der Waals surface area (Å²) in [7, 11) is 0. The molecule has 1 heterocycles. The molecule has 0 radical (unpaired) electrons. The Labute approximate surface area is 86.8 Å². The Bertz CT molecular complexity index is 379. The van der Waals surface area contributed by atoms with Crippen molar-refractivity contribution < 1.29 is 26.9 Å². The van der Waals surface area contributed by atoms with E-state index in [9.17, 15) is 22.4 Å². The van der Waals surface area contributed by atoms with Gasteiger partial charge in [0.05, 0.1) is 6.54 Å². The third kappa shape index (κ3) is 2.67. The summed E-state index contributed by atoms with van der Waals surface area (Å²) in [5.41, 5.74) is 0. The lowest BCUT2D eigenvalue weighted by Gasteiger charge is -2.13. The molecule has 1 rings (SSSR count). The highest BCUT2D eigenvalue weighted by molar-refractivity contribution is 5.83. The number of amides is 1. The van der Waals surface area contributed by atoms with Gasteiger partial charge in [-0.2, -0.15) is 13.8 Å². The van der Waals surface area contributed by atoms with Crippen molar-refractivity contribution in [3.05, 3.63) is 11.7 Å². The summed E-state index contributed by atoms with van der Waals surface area (Å²) in [5, 5.41) is 4.86. The molecular weight excluding hydrogens is 234 g/mol. The van der Waals surface area contributed by atoms with Gasteiger partial charge in [0.2, 0.25) is 5.89 Å². The van der Waals surface area contributed by atoms with Gasteiger partial charge in [-0.3, -0.25) is 4.79 Å². The van der Waals surface area contributed by atoms with E-state index >= 15 is 0 Å². The fourth-order valence-electron chi connectivity index (χ4n) is 0.789. The standard InChI is InChI=1S/C7H7F4N3O2/c1-3-13-4(14-16-3)2-12-6(15)7(10,11)5(8)9/h5H,2H2,1H3,(H,12,15). The SMILES string of the molecule is Cc1nc(CNC(=O)C(F)(F)C(F)F)no1. The molecule has 5 nitrogen and oxygen atoms in total. The minimum atomic E-state index is -4.72. The second-order valence-corrected chi connectivity index (χ2v) is 2.84. The van der Waals surface area contributed by atoms with E-state index in [1.165, 1.54) is 6.92 Å². The zero-order valence-corrected chi connectivity index (χ0v) is 8.01. The minimum absolute atomic E-state index is 0.0732. The van der Waals surface area contributed by atoms with Crippen LogP contribution in [0, 0.1) is 6.92 Å². The van der Waals surface area contributed by atoms with Crippen LogP contribution in [0.5, 0.6) is 0 Å². The Morgan fingerprint density at radius 2 is 2.19 bits per heavy atom. The summed E-state index contributed by atoms with van der Waals surface area (Å²) >= 11 is 0. The molecule has 1 N–H and O–H groups in total. The average molecular weight is 241 g/mol. The lowest BCUT2D eigenvalue weighted by Crippen LogP contribution is -2.44. The van der Waals surface area contributed by atoms with Crippen molar-refractivity contribution in [2.45, 2.75) is 25.8 Å². The van der Waals surface area contributed by atoms with Crippen LogP contribution in [0.25, 0.3) is 0 Å². The fourth-order valence-corrected chi connectivity index (χ4v) is 0.789. The van der Waals surface area contributed by atoms with Gasteiger partial charge in [-0.1, -0.05) is 5.16 Å². The molecule has 0 aliphatic carbocycles. The van der Waals surface area contributed by atoms with E-state index in [0.29, 0.717) is 0 Å². The number of hydrogen-bond acceptors (Lipinski definition) is 4. The van der Waals surface area contributed by atoms with Crippen molar-refractivity contribution in [1.29, 1.82) is 0 Å². The average Bonchev–Trinajstić information content (AvgIpc) is 2.60. The molecule has 1 aromatic rings. The molecule has 90 valence electrons. The zero-order chi connectivity index (χ0) is 12.3. The van der Waals surface area contributed by atoms with Gasteiger partial charge in [-0.15, -0.1) is 0 Å². The number of hydrogen-bond donors (Lipinski definition) is 1. The number of aromatic nitrogens is 2. The van der Waals surface area contributed by atoms with Gasteiger partial charge < -0.3 is 9.84 Å². The van der Waals surface area contributed by atoms with Crippen molar-refractivity contribution >= 4 is 5.91 Å². The maximum atomic E-state index is 12.4. The number of carbonyl (C=O) groups excluding carboxylic acids is 1. The summed E-state index contributed by atoms with van der Waals surface area (Å²) in [6.07, 6.45) is -4.06. The van der Waals surface area contributed by atoms with Crippen LogP contribution in [-0.4, -0.2) is 28.4 Å². The Morgan fingerprint density at radius 1 is 1.56 bits per heavy atom. The highest BCUT2D eigenvalue weighted by Gasteiger charge is 2.48. The molecular formula is C7H7F4N3O2. The third-order valence-electron chi connectivity index (χ3n) is 1.55. The third-order valence-corrected chi connectivity index (χ3v) is 1.55. The zero-order valence-electron chi connectivity index (χ0n) is 8.01. The second kappa shape index (κ2) is 4.45. The van der Waals surface area contributed by atoms with Gasteiger partial charge in [0.25, 0.3) is 5.91 Å². The molecule has 0 saturated heterocycles. The van der Waals surface area contributed by atoms with Gasteiger partial charge >= 0.3 is 12.3 Å². The number of alkyl halides is 4. The summed E-state index contributed by atoms with van der Waals surface area (Å²) in [4.78, 5) is 14.2. The van der Waals surface area contributed by atoms with Crippen LogP contribution in [0.1, 0.15) is 11.7 Å². The highest BCUT2D eigenvalue weighted by Crippen LogP contribution is 2.22. The van der Waals surface area contributed by atoms with Crippen LogP contribution in [-0.2, 0) is 11.3 Å². The molecule has 0 atom stereocenters. The van der Waals surface area contributed by atoms with E-state index in [2.05, 4.69) is 14.7 Å². The van der Waals surface area contributed by atoms with Crippen LogP contribution in [0.15, 0.2) is 4.52 Å². The first-order valence-corrected chi connectivity index (χ1v) is 4.07. The van der Waals surface area contributed by atoms with Gasteiger partial charge in [-0.25, -0.2) is 8.78 Å². The largest absolute Gasteiger partial charge is 0.383 e. The minimum Gasteiger partial charge on any atom is -0.343 e. The summed E-state index contributed by atoms with van der Waals surface area (Å²) in [5.74, 6) is -6.70. The molecule has 0 bridgehead atoms. The van der Waals surface area contributed by atoms with Gasteiger partial charge in [0.15, 0.2) is 5.82 Å². The molecule has 1 amide bonds. The molecule has 1 aromatic heterocycles. The van der Waals surface area contributed by atoms with E-state index < -0.39 is 24.8 Å². The summed E-state index contributed by atoms with van der Waals surface area (Å²) < 4.78 is 52.8. The van der Waals surface area contributed by atoms with E-state index in [1.807, 2.05) is 0 Å². The van der Waals surface area contributed by atoms with Gasteiger partial charge in [0.1, 0.15) is 0 Å². The predicted octanol–water partition coefficient (Wildman–Crippen LogP) is 0.895. The first-order chi connectivity index (χ1) is 7.34. The van der Waals surface area contributed by atoms with Crippen molar-refractivity contribution in [2.75, 3.05) is 0 Å². The molecule has 0 aliphatic rings. The quantitative estimate of drug-likeness (QED) is 0.795. The number of aryl methyl sites for hydroxylation is 1. The number of carbonyl (C=O) groups is 1. The molecule has 9 heteroatoms. The van der Waals surface area contributed by atoms with E-state index in [-0.39, 0.29) is 11.7 Å². The molecule has 0 fully saturated rings. The normalized spacial score (nSPS) is 11.9. The summed E-state index contributed by atoms with van der Waals surface area (Å²) in [6.45, 7) is 0.949. The monoisotopic (exact) mass is 241 g/mol. The maximum Gasteiger partial charge on any atom is 0.383 e. The van der Waals surface area contributed by atoms with Crippen molar-refractivity contribution in [3.8, 4) is 0 Å². The van der Waals surface area contributed by atoms with E-state index in [0.717, 1.165) is 0 Å². The molecule has 0 spiro atoms. The van der Waals surface area contributed by atoms with Gasteiger partial charge in [0, 0.05) is 6.92 Å². The Hall–Kier alpha value is -1.67. The number of rotatable bonds is 4. The van der Waals surface area contributed by atoms with Crippen LogP contribution < -0.4 is 5.32 Å². The Kier molecular flexibility index (Phi) is 3.45. The van der Waals surface area contributed by atoms with Crippen LogP contribution >= 0.6 is 0 Å². The molecule has 0 saturated carbocycles. The van der Waals surface area contributed by atoms with Crippen LogP contribution in [0.2, 0.25) is 0 Å². The fraction of sp³-hybridized carbons (Fsp3) is 0.571. The van der Waals surface area contributed by atoms with Crippen LogP contribution in [0.4, 0.5) is 17.6 Å². The maximum absolute atomic E-state index is 12.4. The Morgan fingerprint density at radius 3 is 2.62 bits per heavy atom.